The normalized spacial score (nSPS) is 12.3. The molecule has 1 heterocycles. The van der Waals surface area contributed by atoms with E-state index >= 15 is 0 Å². The van der Waals surface area contributed by atoms with Crippen molar-refractivity contribution in [2.24, 2.45) is 0 Å². The summed E-state index contributed by atoms with van der Waals surface area (Å²) in [4.78, 5) is 29.6. The largest absolute Gasteiger partial charge is 0.465 e. The fourth-order valence-electron chi connectivity index (χ4n) is 2.83. The van der Waals surface area contributed by atoms with Crippen LogP contribution in [0.4, 0.5) is 4.39 Å². The van der Waals surface area contributed by atoms with Crippen molar-refractivity contribution in [3.8, 4) is 0 Å². The van der Waals surface area contributed by atoms with Gasteiger partial charge in [-0.15, -0.1) is 0 Å². The minimum absolute atomic E-state index is 0.111. The lowest BCUT2D eigenvalue weighted by Gasteiger charge is -2.23. The van der Waals surface area contributed by atoms with Crippen molar-refractivity contribution in [1.82, 2.24) is 9.88 Å². The summed E-state index contributed by atoms with van der Waals surface area (Å²) in [6, 6.07) is 5.78. The highest BCUT2D eigenvalue weighted by atomic mass is 19.1. The number of benzene rings is 1. The van der Waals surface area contributed by atoms with Gasteiger partial charge >= 0.3 is 5.97 Å². The Kier molecular flexibility index (Phi) is 5.74. The molecule has 1 aromatic carbocycles. The molecule has 0 unspecified atom stereocenters. The molecule has 0 fully saturated rings. The van der Waals surface area contributed by atoms with E-state index in [9.17, 15) is 14.0 Å². The van der Waals surface area contributed by atoms with Crippen LogP contribution in [0.2, 0.25) is 0 Å². The number of likely N-dealkylation sites (N-methyl/N-ethyl adjacent to an activating group) is 1. The van der Waals surface area contributed by atoms with Crippen LogP contribution in [0.15, 0.2) is 24.3 Å². The van der Waals surface area contributed by atoms with Gasteiger partial charge in [0.05, 0.1) is 24.4 Å². The summed E-state index contributed by atoms with van der Waals surface area (Å²) in [6.07, 6.45) is 0. The van der Waals surface area contributed by atoms with Gasteiger partial charge in [0.1, 0.15) is 5.82 Å². The smallest absolute Gasteiger partial charge is 0.339 e. The van der Waals surface area contributed by atoms with Crippen molar-refractivity contribution in [2.75, 3.05) is 14.2 Å². The van der Waals surface area contributed by atoms with E-state index in [-0.39, 0.29) is 11.6 Å². The quantitative estimate of drug-likeness (QED) is 0.644. The molecule has 2 rings (SSSR count). The maximum absolute atomic E-state index is 13.0. The van der Waals surface area contributed by atoms with Crippen LogP contribution in [0.25, 0.3) is 0 Å². The molecule has 0 bridgehead atoms. The molecule has 0 saturated carbocycles. The first-order valence-electron chi connectivity index (χ1n) is 8.02. The molecule has 25 heavy (non-hydrogen) atoms. The summed E-state index contributed by atoms with van der Waals surface area (Å²) in [5.74, 6) is -0.860. The number of aromatic nitrogens is 1. The molecule has 0 aliphatic heterocycles. The fourth-order valence-corrected chi connectivity index (χ4v) is 2.83. The lowest BCUT2D eigenvalue weighted by molar-refractivity contribution is 0.0599. The number of methoxy groups -OCH3 is 1. The van der Waals surface area contributed by atoms with Gasteiger partial charge in [-0.2, -0.15) is 0 Å². The lowest BCUT2D eigenvalue weighted by atomic mass is 10.0. The van der Waals surface area contributed by atoms with Gasteiger partial charge in [-0.1, -0.05) is 12.1 Å². The van der Waals surface area contributed by atoms with Crippen LogP contribution in [-0.2, 0) is 11.3 Å². The standard InChI is InChI=1S/C19H23FN2O3/c1-11-16(19(24)25-5)12(2)21-17(11)18(23)13(3)22(4)10-14-6-8-15(20)9-7-14/h6-9,13,21H,10H2,1-5H3/t13-/m0/s1. The Labute approximate surface area is 146 Å². The van der Waals surface area contributed by atoms with Crippen molar-refractivity contribution in [2.45, 2.75) is 33.4 Å². The van der Waals surface area contributed by atoms with Crippen LogP contribution in [0.5, 0.6) is 0 Å². The average molecular weight is 346 g/mol. The van der Waals surface area contributed by atoms with Crippen LogP contribution < -0.4 is 0 Å². The zero-order valence-corrected chi connectivity index (χ0v) is 15.1. The molecule has 2 aromatic rings. The number of carbonyl (C=O) groups excluding carboxylic acids is 2. The van der Waals surface area contributed by atoms with Gasteiger partial charge in [0, 0.05) is 12.2 Å². The van der Waals surface area contributed by atoms with Gasteiger partial charge in [-0.05, 0) is 51.1 Å². The van der Waals surface area contributed by atoms with E-state index in [4.69, 9.17) is 4.74 Å². The predicted molar refractivity (Wildman–Crippen MR) is 93.3 cm³/mol. The number of Topliss-reactive ketones (excluding diaryl/α,β-unsaturated/α-hetero) is 1. The third-order valence-electron chi connectivity index (χ3n) is 4.46. The molecule has 0 aliphatic carbocycles. The van der Waals surface area contributed by atoms with E-state index in [1.807, 2.05) is 11.9 Å². The maximum atomic E-state index is 13.0. The van der Waals surface area contributed by atoms with Crippen molar-refractivity contribution in [1.29, 1.82) is 0 Å². The number of ketones is 1. The number of nitrogens with one attached hydrogen (secondary N) is 1. The number of hydrogen-bond donors (Lipinski definition) is 1. The highest BCUT2D eigenvalue weighted by molar-refractivity contribution is 6.03. The number of nitrogens with zero attached hydrogens (tertiary/aromatic N) is 1. The average Bonchev–Trinajstić information content (AvgIpc) is 2.89. The number of rotatable bonds is 6. The number of carbonyl (C=O) groups is 2. The second kappa shape index (κ2) is 7.61. The van der Waals surface area contributed by atoms with E-state index in [0.717, 1.165) is 5.56 Å². The van der Waals surface area contributed by atoms with Gasteiger partial charge in [-0.3, -0.25) is 9.69 Å². The first-order chi connectivity index (χ1) is 11.8. The van der Waals surface area contributed by atoms with Crippen molar-refractivity contribution in [3.05, 3.63) is 58.2 Å². The topological polar surface area (TPSA) is 62.4 Å². The number of esters is 1. The van der Waals surface area contributed by atoms with Crippen LogP contribution in [0.3, 0.4) is 0 Å². The van der Waals surface area contributed by atoms with Crippen LogP contribution >= 0.6 is 0 Å². The van der Waals surface area contributed by atoms with Gasteiger partial charge in [0.2, 0.25) is 0 Å². The van der Waals surface area contributed by atoms with Gasteiger partial charge in [0.15, 0.2) is 5.78 Å². The van der Waals surface area contributed by atoms with Crippen LogP contribution in [0, 0.1) is 19.7 Å². The first kappa shape index (κ1) is 18.9. The third kappa shape index (κ3) is 3.96. The molecule has 1 aromatic heterocycles. The molecule has 1 atom stereocenters. The van der Waals surface area contributed by atoms with E-state index in [0.29, 0.717) is 29.1 Å². The Morgan fingerprint density at radius 2 is 1.84 bits per heavy atom. The summed E-state index contributed by atoms with van der Waals surface area (Å²) < 4.78 is 17.8. The van der Waals surface area contributed by atoms with Crippen LogP contribution in [0.1, 0.15) is 44.6 Å². The fraction of sp³-hybridized carbons (Fsp3) is 0.368. The molecule has 6 heteroatoms. The molecule has 0 amide bonds. The minimum atomic E-state index is -0.461. The molecule has 0 radical (unpaired) electrons. The summed E-state index contributed by atoms with van der Waals surface area (Å²) in [5, 5.41) is 0. The molecule has 0 aliphatic rings. The Hall–Kier alpha value is -2.47. The number of halogens is 1. The molecule has 0 spiro atoms. The van der Waals surface area contributed by atoms with E-state index in [1.165, 1.54) is 19.2 Å². The predicted octanol–water partition coefficient (Wildman–Crippen LogP) is 3.26. The number of H-pyrrole nitrogens is 1. The van der Waals surface area contributed by atoms with Crippen molar-refractivity contribution >= 4 is 11.8 Å². The Bertz CT molecular complexity index is 781. The molecule has 1 N–H and O–H groups in total. The summed E-state index contributed by atoms with van der Waals surface area (Å²) >= 11 is 0. The van der Waals surface area contributed by atoms with Gasteiger partial charge in [-0.25, -0.2) is 9.18 Å². The van der Waals surface area contributed by atoms with E-state index < -0.39 is 12.0 Å². The molecule has 5 nitrogen and oxygen atoms in total. The monoisotopic (exact) mass is 346 g/mol. The van der Waals surface area contributed by atoms with E-state index in [1.54, 1.807) is 32.9 Å². The SMILES string of the molecule is COC(=O)c1c(C)[nH]c(C(=O)[C@H](C)N(C)Cc2ccc(F)cc2)c1C. The van der Waals surface area contributed by atoms with Gasteiger partial charge in [0.25, 0.3) is 0 Å². The molecule has 0 saturated heterocycles. The zero-order valence-electron chi connectivity index (χ0n) is 15.1. The highest BCUT2D eigenvalue weighted by Crippen LogP contribution is 2.21. The third-order valence-corrected chi connectivity index (χ3v) is 4.46. The number of aromatic amines is 1. The number of hydrogen-bond acceptors (Lipinski definition) is 4. The first-order valence-corrected chi connectivity index (χ1v) is 8.02. The second-order valence-electron chi connectivity index (χ2n) is 6.20. The van der Waals surface area contributed by atoms with E-state index in [2.05, 4.69) is 4.98 Å². The summed E-state index contributed by atoms with van der Waals surface area (Å²) in [7, 11) is 3.15. The highest BCUT2D eigenvalue weighted by Gasteiger charge is 2.27. The van der Waals surface area contributed by atoms with Crippen LogP contribution in [-0.4, -0.2) is 41.8 Å². The number of aryl methyl sites for hydroxylation is 1. The molecular weight excluding hydrogens is 323 g/mol. The Balaban J connectivity index is 2.19. The molecule has 134 valence electrons. The zero-order chi connectivity index (χ0) is 18.7. The molecular formula is C19H23FN2O3. The Morgan fingerprint density at radius 3 is 2.40 bits per heavy atom. The van der Waals surface area contributed by atoms with Crippen molar-refractivity contribution in [3.63, 3.8) is 0 Å². The maximum Gasteiger partial charge on any atom is 0.339 e. The summed E-state index contributed by atoms with van der Waals surface area (Å²) in [6.45, 7) is 5.79. The lowest BCUT2D eigenvalue weighted by Crippen LogP contribution is -2.36. The Morgan fingerprint density at radius 1 is 1.24 bits per heavy atom. The number of ether oxygens (including phenoxy) is 1. The van der Waals surface area contributed by atoms with Crippen molar-refractivity contribution < 1.29 is 18.7 Å². The minimum Gasteiger partial charge on any atom is -0.465 e. The summed E-state index contributed by atoms with van der Waals surface area (Å²) in [5.41, 5.74) is 2.94. The van der Waals surface area contributed by atoms with Gasteiger partial charge < -0.3 is 9.72 Å². The second-order valence-corrected chi connectivity index (χ2v) is 6.20.